The summed E-state index contributed by atoms with van der Waals surface area (Å²) >= 11 is 0. The van der Waals surface area contributed by atoms with Crippen LogP contribution < -0.4 is 20.7 Å². The molecule has 0 saturated heterocycles. The summed E-state index contributed by atoms with van der Waals surface area (Å²) in [6.07, 6.45) is 1.22. The van der Waals surface area contributed by atoms with Gasteiger partial charge < -0.3 is 20.7 Å². The van der Waals surface area contributed by atoms with Crippen LogP contribution in [0.5, 0.6) is 5.75 Å². The fourth-order valence-electron chi connectivity index (χ4n) is 2.00. The third-order valence-corrected chi connectivity index (χ3v) is 3.16. The molecule has 0 aromatic heterocycles. The van der Waals surface area contributed by atoms with Crippen LogP contribution >= 0.6 is 24.0 Å². The van der Waals surface area contributed by atoms with Crippen molar-refractivity contribution in [2.45, 2.75) is 39.8 Å². The van der Waals surface area contributed by atoms with Crippen molar-refractivity contribution >= 4 is 35.8 Å². The Morgan fingerprint density at radius 1 is 1.15 bits per heavy atom. The van der Waals surface area contributed by atoms with E-state index in [1.807, 2.05) is 13.8 Å². The van der Waals surface area contributed by atoms with E-state index >= 15 is 0 Å². The minimum absolute atomic E-state index is 0. The zero-order chi connectivity index (χ0) is 18.5. The number of hydrogen-bond donors (Lipinski definition) is 3. The normalized spacial score (nSPS) is 10.9. The molecule has 6 nitrogen and oxygen atoms in total. The van der Waals surface area contributed by atoms with Gasteiger partial charge in [-0.3, -0.25) is 4.79 Å². The first kappa shape index (κ1) is 24.4. The molecule has 0 fully saturated rings. The van der Waals surface area contributed by atoms with Crippen molar-refractivity contribution in [2.24, 2.45) is 4.99 Å². The lowest BCUT2D eigenvalue weighted by atomic mass is 10.2. The fraction of sp³-hybridized carbons (Fsp3) is 0.529. The first-order valence-corrected chi connectivity index (χ1v) is 8.38. The second kappa shape index (κ2) is 14.5. The summed E-state index contributed by atoms with van der Waals surface area (Å²) < 4.78 is 29.4. The van der Waals surface area contributed by atoms with Crippen LogP contribution in [0.4, 0.5) is 8.78 Å². The van der Waals surface area contributed by atoms with Crippen LogP contribution in [0.25, 0.3) is 0 Å². The number of halogens is 3. The standard InChI is InChI=1S/C17H26F2N4O2.HI/c1-3-10-21-15(24)9-11-22-17(20-4-2)23-12-13-7-5-6-8-14(13)25-16(18)19;/h5-8,16H,3-4,9-12H2,1-2H3,(H,21,24)(H2,20,22,23);1H. The molecular weight excluding hydrogens is 457 g/mol. The molecule has 0 bridgehead atoms. The summed E-state index contributed by atoms with van der Waals surface area (Å²) in [4.78, 5) is 15.9. The van der Waals surface area contributed by atoms with Crippen molar-refractivity contribution in [3.05, 3.63) is 29.8 Å². The minimum Gasteiger partial charge on any atom is -0.434 e. The minimum atomic E-state index is -2.88. The number of alkyl halides is 2. The van der Waals surface area contributed by atoms with Crippen LogP contribution in [0.2, 0.25) is 0 Å². The van der Waals surface area contributed by atoms with Crippen LogP contribution in [0.15, 0.2) is 29.3 Å². The number of guanidine groups is 1. The van der Waals surface area contributed by atoms with Crippen LogP contribution in [0, 0.1) is 0 Å². The van der Waals surface area contributed by atoms with Gasteiger partial charge in [-0.05, 0) is 19.4 Å². The van der Waals surface area contributed by atoms with E-state index in [0.717, 1.165) is 6.42 Å². The van der Waals surface area contributed by atoms with Gasteiger partial charge in [-0.1, -0.05) is 25.1 Å². The Kier molecular flexibility index (Phi) is 13.6. The lowest BCUT2D eigenvalue weighted by molar-refractivity contribution is -0.120. The highest BCUT2D eigenvalue weighted by atomic mass is 127. The first-order valence-electron chi connectivity index (χ1n) is 8.38. The van der Waals surface area contributed by atoms with Crippen molar-refractivity contribution in [1.29, 1.82) is 0 Å². The summed E-state index contributed by atoms with van der Waals surface area (Å²) in [5, 5.41) is 8.89. The number of rotatable bonds is 10. The number of carbonyl (C=O) groups is 1. The molecule has 0 spiro atoms. The molecule has 0 aliphatic carbocycles. The molecule has 9 heteroatoms. The Morgan fingerprint density at radius 2 is 1.88 bits per heavy atom. The summed E-state index contributed by atoms with van der Waals surface area (Å²) in [5.74, 6) is 0.592. The number of amides is 1. The topological polar surface area (TPSA) is 74.8 Å². The Morgan fingerprint density at radius 3 is 2.54 bits per heavy atom. The Hall–Kier alpha value is -1.65. The van der Waals surface area contributed by atoms with Gasteiger partial charge in [-0.25, -0.2) is 4.99 Å². The van der Waals surface area contributed by atoms with Gasteiger partial charge in [-0.2, -0.15) is 8.78 Å². The number of nitrogens with zero attached hydrogens (tertiary/aromatic N) is 1. The zero-order valence-corrected chi connectivity index (χ0v) is 17.4. The number of benzene rings is 1. The largest absolute Gasteiger partial charge is 0.434 e. The van der Waals surface area contributed by atoms with Crippen LogP contribution in [-0.2, 0) is 11.3 Å². The highest BCUT2D eigenvalue weighted by Crippen LogP contribution is 2.20. The predicted molar refractivity (Wildman–Crippen MR) is 109 cm³/mol. The first-order chi connectivity index (χ1) is 12.1. The van der Waals surface area contributed by atoms with Gasteiger partial charge in [0.15, 0.2) is 5.96 Å². The van der Waals surface area contributed by atoms with Crippen LogP contribution in [-0.4, -0.2) is 38.1 Å². The quantitative estimate of drug-likeness (QED) is 0.271. The molecule has 148 valence electrons. The molecule has 0 unspecified atom stereocenters. The van der Waals surface area contributed by atoms with Gasteiger partial charge >= 0.3 is 6.61 Å². The second-order valence-corrected chi connectivity index (χ2v) is 5.21. The lowest BCUT2D eigenvalue weighted by Gasteiger charge is -2.12. The fourth-order valence-corrected chi connectivity index (χ4v) is 2.00. The van der Waals surface area contributed by atoms with Gasteiger partial charge in [0.25, 0.3) is 0 Å². The summed E-state index contributed by atoms with van der Waals surface area (Å²) in [6, 6.07) is 6.53. The van der Waals surface area contributed by atoms with Crippen molar-refractivity contribution < 1.29 is 18.3 Å². The molecule has 0 aliphatic heterocycles. The molecule has 0 heterocycles. The Balaban J connectivity index is 0.00000625. The van der Waals surface area contributed by atoms with Crippen molar-refractivity contribution in [3.8, 4) is 5.75 Å². The highest BCUT2D eigenvalue weighted by molar-refractivity contribution is 14.0. The maximum atomic E-state index is 12.4. The Bertz CT molecular complexity index is 559. The monoisotopic (exact) mass is 484 g/mol. The number of ether oxygens (including phenoxy) is 1. The third-order valence-electron chi connectivity index (χ3n) is 3.16. The molecule has 0 atom stereocenters. The molecule has 0 radical (unpaired) electrons. The summed E-state index contributed by atoms with van der Waals surface area (Å²) in [5.41, 5.74) is 0.556. The number of aliphatic imine (C=N–C) groups is 1. The van der Waals surface area contributed by atoms with E-state index in [9.17, 15) is 13.6 Å². The average Bonchev–Trinajstić information content (AvgIpc) is 2.58. The van der Waals surface area contributed by atoms with Crippen molar-refractivity contribution in [1.82, 2.24) is 16.0 Å². The SMILES string of the molecule is CCCNC(=O)CCNC(=NCc1ccccc1OC(F)F)NCC.I. The number of hydrogen-bond acceptors (Lipinski definition) is 3. The smallest absolute Gasteiger partial charge is 0.387 e. The number of para-hydroxylation sites is 1. The molecule has 26 heavy (non-hydrogen) atoms. The van der Waals surface area contributed by atoms with E-state index in [2.05, 4.69) is 25.7 Å². The summed E-state index contributed by atoms with van der Waals surface area (Å²) in [6.45, 7) is 2.94. The van der Waals surface area contributed by atoms with E-state index in [0.29, 0.717) is 37.6 Å². The van der Waals surface area contributed by atoms with Gasteiger partial charge in [0.1, 0.15) is 5.75 Å². The third kappa shape index (κ3) is 10.4. The lowest BCUT2D eigenvalue weighted by Crippen LogP contribution is -2.39. The predicted octanol–water partition coefficient (Wildman–Crippen LogP) is 2.88. The molecule has 1 aromatic rings. The van der Waals surface area contributed by atoms with Gasteiger partial charge in [0.05, 0.1) is 6.54 Å². The molecule has 1 amide bonds. The number of nitrogens with one attached hydrogen (secondary N) is 3. The molecule has 1 aromatic carbocycles. The van der Waals surface area contributed by atoms with Crippen LogP contribution in [0.3, 0.4) is 0 Å². The van der Waals surface area contributed by atoms with Crippen molar-refractivity contribution in [2.75, 3.05) is 19.6 Å². The molecule has 1 rings (SSSR count). The van der Waals surface area contributed by atoms with Crippen LogP contribution in [0.1, 0.15) is 32.3 Å². The van der Waals surface area contributed by atoms with Crippen molar-refractivity contribution in [3.63, 3.8) is 0 Å². The van der Waals surface area contributed by atoms with E-state index in [1.165, 1.54) is 6.07 Å². The zero-order valence-electron chi connectivity index (χ0n) is 15.1. The van der Waals surface area contributed by atoms with E-state index in [-0.39, 0.29) is 42.2 Å². The maximum absolute atomic E-state index is 12.4. The molecule has 0 aliphatic rings. The number of carbonyl (C=O) groups excluding carboxylic acids is 1. The average molecular weight is 484 g/mol. The van der Waals surface area contributed by atoms with Gasteiger partial charge in [0.2, 0.25) is 5.91 Å². The van der Waals surface area contributed by atoms with E-state index < -0.39 is 6.61 Å². The summed E-state index contributed by atoms with van der Waals surface area (Å²) in [7, 11) is 0. The van der Waals surface area contributed by atoms with E-state index in [4.69, 9.17) is 0 Å². The molecule has 0 saturated carbocycles. The molecule has 3 N–H and O–H groups in total. The van der Waals surface area contributed by atoms with Gasteiger partial charge in [0, 0.05) is 31.6 Å². The second-order valence-electron chi connectivity index (χ2n) is 5.21. The highest BCUT2D eigenvalue weighted by Gasteiger charge is 2.09. The molecular formula is C17H27F2IN4O2. The maximum Gasteiger partial charge on any atom is 0.387 e. The Labute approximate surface area is 170 Å². The van der Waals surface area contributed by atoms with Gasteiger partial charge in [-0.15, -0.1) is 24.0 Å². The van der Waals surface area contributed by atoms with E-state index in [1.54, 1.807) is 18.2 Å².